The van der Waals surface area contributed by atoms with Gasteiger partial charge in [-0.25, -0.2) is 0 Å². The minimum absolute atomic E-state index is 1.43. The van der Waals surface area contributed by atoms with Crippen molar-refractivity contribution in [3.63, 3.8) is 0 Å². The monoisotopic (exact) mass is 126 g/mol. The molecule has 0 saturated heterocycles. The van der Waals surface area contributed by atoms with Crippen LogP contribution < -0.4 is 0 Å². The zero-order valence-corrected chi connectivity index (χ0v) is 5.46. The lowest BCUT2D eigenvalue weighted by Gasteiger charge is -2.10. The average molecular weight is 126 g/mol. The second-order valence-corrected chi connectivity index (χ2v) is 1.87. The zero-order chi connectivity index (χ0) is 7.40. The molecule has 0 saturated carbocycles. The van der Waals surface area contributed by atoms with Gasteiger partial charge in [-0.05, 0) is 23.0 Å². The summed E-state index contributed by atoms with van der Waals surface area (Å²) < 4.78 is 0. The molecule has 0 heterocycles. The Labute approximate surface area is 60.9 Å². The lowest BCUT2D eigenvalue weighted by Crippen LogP contribution is -1.85. The van der Waals surface area contributed by atoms with E-state index in [1.807, 2.05) is 11.8 Å². The molecule has 2 rings (SSSR count). The quantitative estimate of drug-likeness (QED) is 0.473. The number of hydrogen-bond acceptors (Lipinski definition) is 0. The van der Waals surface area contributed by atoms with E-state index in [0.717, 1.165) is 0 Å². The molecule has 0 amide bonds. The summed E-state index contributed by atoms with van der Waals surface area (Å²) in [5, 5.41) is 0. The van der Waals surface area contributed by atoms with Crippen LogP contribution in [0.4, 0.5) is 0 Å². The van der Waals surface area contributed by atoms with E-state index in [-0.39, 0.29) is 0 Å². The Morgan fingerprint density at radius 3 is 1.10 bits per heavy atom. The Balaban J connectivity index is 0.000000112. The average Bonchev–Trinajstić information content (AvgIpc) is 1.97. The van der Waals surface area contributed by atoms with Gasteiger partial charge in [-0.1, -0.05) is 24.3 Å². The third-order valence-electron chi connectivity index (χ3n) is 1.30. The number of fused-ring (bicyclic) bond motifs is 1. The van der Waals surface area contributed by atoms with Crippen LogP contribution in [0.3, 0.4) is 0 Å². The summed E-state index contributed by atoms with van der Waals surface area (Å²) in [5.74, 6) is 3.92. The van der Waals surface area contributed by atoms with Crippen LogP contribution in [0.2, 0.25) is 0 Å². The molecule has 2 aliphatic carbocycles. The van der Waals surface area contributed by atoms with E-state index < -0.39 is 0 Å². The van der Waals surface area contributed by atoms with Crippen molar-refractivity contribution in [2.45, 2.75) is 0 Å². The van der Waals surface area contributed by atoms with E-state index >= 15 is 0 Å². The Morgan fingerprint density at radius 1 is 0.800 bits per heavy atom. The number of hydrogen-bond donors (Lipinski definition) is 0. The third kappa shape index (κ3) is 1.02. The van der Waals surface area contributed by atoms with Crippen molar-refractivity contribution in [1.82, 2.24) is 0 Å². The van der Waals surface area contributed by atoms with Gasteiger partial charge in [0.1, 0.15) is 0 Å². The van der Waals surface area contributed by atoms with E-state index in [4.69, 9.17) is 0 Å². The van der Waals surface area contributed by atoms with E-state index in [2.05, 4.69) is 37.1 Å². The molecule has 0 nitrogen and oxygen atoms in total. The Morgan fingerprint density at radius 2 is 1.10 bits per heavy atom. The highest BCUT2D eigenvalue weighted by Crippen LogP contribution is 2.29. The smallest absolute Gasteiger partial charge is 0.0184 e. The molecule has 0 fully saturated rings. The van der Waals surface area contributed by atoms with Gasteiger partial charge >= 0.3 is 0 Å². The maximum atomic E-state index is 4.54. The van der Waals surface area contributed by atoms with Crippen molar-refractivity contribution in [3.05, 3.63) is 24.3 Å². The second-order valence-electron chi connectivity index (χ2n) is 1.87. The second kappa shape index (κ2) is 2.76. The standard InChI is InChI=1S/C6H4.C4H2/c1-2-6-4-3-5(1)6;1-3-4-2/h1-4H;1-2H. The molecule has 2 aliphatic rings. The van der Waals surface area contributed by atoms with Gasteiger partial charge in [0, 0.05) is 0 Å². The molecule has 0 heteroatoms. The van der Waals surface area contributed by atoms with E-state index in [1.165, 1.54) is 11.1 Å². The van der Waals surface area contributed by atoms with Crippen LogP contribution in [0.25, 0.3) is 11.1 Å². The highest BCUT2D eigenvalue weighted by molar-refractivity contribution is 5.75. The Hall–Kier alpha value is -1.66. The van der Waals surface area contributed by atoms with Gasteiger partial charge in [-0.3, -0.25) is 0 Å². The molecule has 0 aliphatic heterocycles. The molecule has 0 aromatic heterocycles. The van der Waals surface area contributed by atoms with Gasteiger partial charge in [-0.15, -0.1) is 12.8 Å². The van der Waals surface area contributed by atoms with E-state index in [9.17, 15) is 0 Å². The van der Waals surface area contributed by atoms with Crippen LogP contribution in [0.15, 0.2) is 24.3 Å². The molecule has 0 aromatic carbocycles. The van der Waals surface area contributed by atoms with Crippen LogP contribution in [0.1, 0.15) is 0 Å². The molecule has 0 unspecified atom stereocenters. The van der Waals surface area contributed by atoms with Crippen molar-refractivity contribution < 1.29 is 0 Å². The van der Waals surface area contributed by atoms with Crippen LogP contribution in [0, 0.1) is 24.7 Å². The molecule has 0 bridgehead atoms. The maximum Gasteiger partial charge on any atom is -0.0184 e. The van der Waals surface area contributed by atoms with Gasteiger partial charge in [0.25, 0.3) is 0 Å². The van der Waals surface area contributed by atoms with Gasteiger partial charge in [0.15, 0.2) is 0 Å². The summed E-state index contributed by atoms with van der Waals surface area (Å²) in [7, 11) is 0. The Bertz CT molecular complexity index is 257. The minimum Gasteiger partial charge on any atom is -0.106 e. The van der Waals surface area contributed by atoms with Crippen molar-refractivity contribution in [2.75, 3.05) is 0 Å². The molecule has 0 aromatic rings. The van der Waals surface area contributed by atoms with Gasteiger partial charge in [0.2, 0.25) is 0 Å². The van der Waals surface area contributed by atoms with Gasteiger partial charge in [-0.2, -0.15) is 0 Å². The predicted molar refractivity (Wildman–Crippen MR) is 43.1 cm³/mol. The topological polar surface area (TPSA) is 0 Å². The highest BCUT2D eigenvalue weighted by Gasteiger charge is 2.03. The Kier molecular flexibility index (Phi) is 1.78. The first-order chi connectivity index (χ1) is 4.88. The molecular weight excluding hydrogens is 120 g/mol. The van der Waals surface area contributed by atoms with Crippen LogP contribution in [0.5, 0.6) is 0 Å². The SMILES string of the molecule is C#CC#C.c1cc2ccc1-2. The van der Waals surface area contributed by atoms with Crippen molar-refractivity contribution in [2.24, 2.45) is 0 Å². The first-order valence-electron chi connectivity index (χ1n) is 2.90. The highest BCUT2D eigenvalue weighted by atomic mass is 14.1. The van der Waals surface area contributed by atoms with Crippen LogP contribution in [-0.4, -0.2) is 0 Å². The first-order valence-corrected chi connectivity index (χ1v) is 2.90. The molecule has 0 atom stereocenters. The molecule has 46 valence electrons. The molecule has 0 N–H and O–H groups in total. The molecule has 0 spiro atoms. The normalized spacial score (nSPS) is 7.80. The fourth-order valence-electron chi connectivity index (χ4n) is 0.663. The zero-order valence-electron chi connectivity index (χ0n) is 5.46. The number of terminal acetylenes is 2. The summed E-state index contributed by atoms with van der Waals surface area (Å²) in [4.78, 5) is 0. The van der Waals surface area contributed by atoms with E-state index in [1.54, 1.807) is 0 Å². The lowest BCUT2D eigenvalue weighted by molar-refractivity contribution is 1.55. The molecular formula is C10H6. The van der Waals surface area contributed by atoms with Crippen molar-refractivity contribution in [3.8, 4) is 35.8 Å². The molecule has 0 radical (unpaired) electrons. The summed E-state index contributed by atoms with van der Waals surface area (Å²) in [6.45, 7) is 0. The number of benzene rings is 1. The van der Waals surface area contributed by atoms with Crippen molar-refractivity contribution >= 4 is 0 Å². The number of rotatable bonds is 0. The van der Waals surface area contributed by atoms with Gasteiger partial charge in [0.05, 0.1) is 0 Å². The van der Waals surface area contributed by atoms with Gasteiger partial charge < -0.3 is 0 Å². The first kappa shape index (κ1) is 6.46. The fraction of sp³-hybridized carbons (Fsp3) is 0. The van der Waals surface area contributed by atoms with Crippen LogP contribution in [-0.2, 0) is 0 Å². The van der Waals surface area contributed by atoms with Crippen LogP contribution >= 0.6 is 0 Å². The van der Waals surface area contributed by atoms with E-state index in [0.29, 0.717) is 0 Å². The maximum absolute atomic E-state index is 4.54. The largest absolute Gasteiger partial charge is 0.106 e. The fourth-order valence-corrected chi connectivity index (χ4v) is 0.663. The minimum atomic E-state index is 1.43. The third-order valence-corrected chi connectivity index (χ3v) is 1.30. The summed E-state index contributed by atoms with van der Waals surface area (Å²) >= 11 is 0. The summed E-state index contributed by atoms with van der Waals surface area (Å²) in [6.07, 6.45) is 9.08. The predicted octanol–water partition coefficient (Wildman–Crippen LogP) is 1.92. The lowest BCUT2D eigenvalue weighted by atomic mass is 9.95. The molecule has 10 heavy (non-hydrogen) atoms. The summed E-state index contributed by atoms with van der Waals surface area (Å²) in [6, 6.07) is 8.48. The van der Waals surface area contributed by atoms with Crippen molar-refractivity contribution in [1.29, 1.82) is 0 Å². The summed E-state index contributed by atoms with van der Waals surface area (Å²) in [5.41, 5.74) is 2.85.